The van der Waals surface area contributed by atoms with Crippen LogP contribution in [0.2, 0.25) is 0 Å². The molecule has 8 heteroatoms. The number of hydrogen-bond donors (Lipinski definition) is 0. The number of anilines is 1. The highest BCUT2D eigenvalue weighted by Gasteiger charge is 2.26. The van der Waals surface area contributed by atoms with Crippen molar-refractivity contribution < 1.29 is 0 Å². The fraction of sp³-hybridized carbons (Fsp3) is 0.500. The Balaban J connectivity index is 1.45. The Morgan fingerprint density at radius 2 is 1.92 bits per heavy atom. The zero-order chi connectivity index (χ0) is 17.9. The van der Waals surface area contributed by atoms with Gasteiger partial charge in [0.15, 0.2) is 11.6 Å². The van der Waals surface area contributed by atoms with Crippen molar-refractivity contribution in [3.05, 3.63) is 48.2 Å². The van der Waals surface area contributed by atoms with Gasteiger partial charge in [-0.2, -0.15) is 5.10 Å². The lowest BCUT2D eigenvalue weighted by Gasteiger charge is -2.32. The molecule has 8 nitrogen and oxygen atoms in total. The summed E-state index contributed by atoms with van der Waals surface area (Å²) in [4.78, 5) is 6.41. The summed E-state index contributed by atoms with van der Waals surface area (Å²) in [6.07, 6.45) is 7.67. The van der Waals surface area contributed by atoms with Crippen LogP contribution in [-0.2, 0) is 13.1 Å². The molecule has 4 rings (SSSR count). The molecule has 1 aliphatic rings. The predicted molar refractivity (Wildman–Crippen MR) is 98.0 cm³/mol. The summed E-state index contributed by atoms with van der Waals surface area (Å²) in [7, 11) is 0. The molecule has 0 atom stereocenters. The molecule has 3 aromatic rings. The molecular weight excluding hydrogens is 328 g/mol. The van der Waals surface area contributed by atoms with E-state index in [4.69, 9.17) is 0 Å². The van der Waals surface area contributed by atoms with E-state index in [2.05, 4.69) is 47.8 Å². The molecule has 1 fully saturated rings. The third-order valence-corrected chi connectivity index (χ3v) is 5.02. The summed E-state index contributed by atoms with van der Waals surface area (Å²) >= 11 is 0. The van der Waals surface area contributed by atoms with Gasteiger partial charge in [-0.05, 0) is 38.8 Å². The van der Waals surface area contributed by atoms with Crippen molar-refractivity contribution in [3.8, 4) is 0 Å². The molecule has 1 aliphatic heterocycles. The maximum absolute atomic E-state index is 4.53. The molecule has 0 radical (unpaired) electrons. The summed E-state index contributed by atoms with van der Waals surface area (Å²) < 4.78 is 4.28. The van der Waals surface area contributed by atoms with Crippen LogP contribution >= 0.6 is 0 Å². The summed E-state index contributed by atoms with van der Waals surface area (Å²) in [5.74, 6) is 3.50. The maximum atomic E-state index is 4.53. The number of imidazole rings is 1. The van der Waals surface area contributed by atoms with E-state index < -0.39 is 0 Å². The molecule has 0 amide bonds. The standard InChI is InChI=1S/C18H24N8/c1-3-26-17(12-24-11-8-19-13-24)22-23-18(26)15-6-9-25(10-7-15)16-5-4-14(2)20-21-16/h4-5,8,11,13,15H,3,6-7,9-10,12H2,1-2H3. The van der Waals surface area contributed by atoms with Crippen molar-refractivity contribution in [3.63, 3.8) is 0 Å². The van der Waals surface area contributed by atoms with Crippen molar-refractivity contribution in [2.45, 2.75) is 45.7 Å². The average Bonchev–Trinajstić information content (AvgIpc) is 3.32. The normalized spacial score (nSPS) is 15.5. The largest absolute Gasteiger partial charge is 0.355 e. The lowest BCUT2D eigenvalue weighted by atomic mass is 9.96. The quantitative estimate of drug-likeness (QED) is 0.699. The SMILES string of the molecule is CCn1c(Cn2ccnc2)nnc1C1CCN(c2ccc(C)nn2)CC1. The Hall–Kier alpha value is -2.77. The van der Waals surface area contributed by atoms with Gasteiger partial charge in [0.05, 0.1) is 18.6 Å². The molecule has 0 bridgehead atoms. The molecule has 0 aromatic carbocycles. The van der Waals surface area contributed by atoms with Crippen LogP contribution in [0.5, 0.6) is 0 Å². The molecule has 0 unspecified atom stereocenters. The molecule has 0 N–H and O–H groups in total. The van der Waals surface area contributed by atoms with Gasteiger partial charge >= 0.3 is 0 Å². The van der Waals surface area contributed by atoms with Crippen LogP contribution in [0.15, 0.2) is 30.9 Å². The second-order valence-electron chi connectivity index (χ2n) is 6.75. The second kappa shape index (κ2) is 7.23. The Labute approximate surface area is 152 Å². The number of aryl methyl sites for hydroxylation is 1. The highest BCUT2D eigenvalue weighted by atomic mass is 15.3. The lowest BCUT2D eigenvalue weighted by molar-refractivity contribution is 0.461. The molecule has 0 aliphatic carbocycles. The van der Waals surface area contributed by atoms with Crippen LogP contribution in [0.3, 0.4) is 0 Å². The first kappa shape index (κ1) is 16.7. The van der Waals surface area contributed by atoms with Gasteiger partial charge in [0.1, 0.15) is 5.82 Å². The summed E-state index contributed by atoms with van der Waals surface area (Å²) in [6, 6.07) is 4.07. The number of rotatable bonds is 5. The fourth-order valence-electron chi connectivity index (χ4n) is 3.58. The predicted octanol–water partition coefficient (Wildman–Crippen LogP) is 2.03. The Morgan fingerprint density at radius 1 is 1.08 bits per heavy atom. The molecule has 0 spiro atoms. The second-order valence-corrected chi connectivity index (χ2v) is 6.75. The number of nitrogens with zero attached hydrogens (tertiary/aromatic N) is 8. The van der Waals surface area contributed by atoms with Gasteiger partial charge in [0.25, 0.3) is 0 Å². The number of hydrogen-bond acceptors (Lipinski definition) is 6. The molecule has 1 saturated heterocycles. The van der Waals surface area contributed by atoms with E-state index in [9.17, 15) is 0 Å². The smallest absolute Gasteiger partial charge is 0.153 e. The van der Waals surface area contributed by atoms with Crippen molar-refractivity contribution in [2.75, 3.05) is 18.0 Å². The fourth-order valence-corrected chi connectivity index (χ4v) is 3.58. The van der Waals surface area contributed by atoms with Crippen molar-refractivity contribution >= 4 is 5.82 Å². The van der Waals surface area contributed by atoms with Crippen molar-refractivity contribution in [1.29, 1.82) is 0 Å². The monoisotopic (exact) mass is 352 g/mol. The summed E-state index contributed by atoms with van der Waals surface area (Å²) in [5, 5.41) is 17.5. The zero-order valence-electron chi connectivity index (χ0n) is 15.3. The minimum absolute atomic E-state index is 0.439. The van der Waals surface area contributed by atoms with Crippen LogP contribution in [0.1, 0.15) is 43.0 Å². The van der Waals surface area contributed by atoms with Gasteiger partial charge in [0, 0.05) is 37.9 Å². The van der Waals surface area contributed by atoms with E-state index in [1.165, 1.54) is 0 Å². The van der Waals surface area contributed by atoms with E-state index in [0.29, 0.717) is 12.5 Å². The van der Waals surface area contributed by atoms with Crippen LogP contribution in [0.25, 0.3) is 0 Å². The van der Waals surface area contributed by atoms with E-state index >= 15 is 0 Å². The van der Waals surface area contributed by atoms with Crippen LogP contribution in [-0.4, -0.2) is 47.6 Å². The first-order valence-corrected chi connectivity index (χ1v) is 9.17. The molecular formula is C18H24N8. The van der Waals surface area contributed by atoms with E-state index in [0.717, 1.165) is 55.6 Å². The van der Waals surface area contributed by atoms with Crippen molar-refractivity contribution in [2.24, 2.45) is 0 Å². The van der Waals surface area contributed by atoms with Crippen molar-refractivity contribution in [1.82, 2.24) is 34.5 Å². The topological polar surface area (TPSA) is 77.5 Å². The van der Waals surface area contributed by atoms with E-state index in [-0.39, 0.29) is 0 Å². The van der Waals surface area contributed by atoms with Crippen LogP contribution < -0.4 is 4.90 Å². The Morgan fingerprint density at radius 3 is 2.58 bits per heavy atom. The first-order chi connectivity index (χ1) is 12.7. The van der Waals surface area contributed by atoms with E-state index in [1.807, 2.05) is 30.1 Å². The number of aromatic nitrogens is 7. The highest BCUT2D eigenvalue weighted by Crippen LogP contribution is 2.29. The summed E-state index contributed by atoms with van der Waals surface area (Å²) in [6.45, 7) is 7.64. The first-order valence-electron chi connectivity index (χ1n) is 9.17. The minimum atomic E-state index is 0.439. The molecule has 136 valence electrons. The van der Waals surface area contributed by atoms with Crippen LogP contribution in [0, 0.1) is 6.92 Å². The Kier molecular flexibility index (Phi) is 4.64. The zero-order valence-corrected chi connectivity index (χ0v) is 15.3. The van der Waals surface area contributed by atoms with Gasteiger partial charge < -0.3 is 14.0 Å². The average molecular weight is 352 g/mol. The third kappa shape index (κ3) is 3.31. The van der Waals surface area contributed by atoms with Gasteiger partial charge in [-0.3, -0.25) is 0 Å². The van der Waals surface area contributed by atoms with E-state index in [1.54, 1.807) is 6.20 Å². The molecule has 4 heterocycles. The Bertz CT molecular complexity index is 829. The van der Waals surface area contributed by atoms with Gasteiger partial charge in [-0.15, -0.1) is 15.3 Å². The van der Waals surface area contributed by atoms with Gasteiger partial charge in [-0.1, -0.05) is 0 Å². The third-order valence-electron chi connectivity index (χ3n) is 5.02. The molecule has 3 aromatic heterocycles. The van der Waals surface area contributed by atoms with Gasteiger partial charge in [-0.25, -0.2) is 4.98 Å². The minimum Gasteiger partial charge on any atom is -0.355 e. The summed E-state index contributed by atoms with van der Waals surface area (Å²) in [5.41, 5.74) is 0.949. The number of piperidine rings is 1. The maximum Gasteiger partial charge on any atom is 0.153 e. The lowest BCUT2D eigenvalue weighted by Crippen LogP contribution is -2.34. The van der Waals surface area contributed by atoms with Gasteiger partial charge in [0.2, 0.25) is 0 Å². The van der Waals surface area contributed by atoms with Crippen LogP contribution in [0.4, 0.5) is 5.82 Å². The highest BCUT2D eigenvalue weighted by molar-refractivity contribution is 5.38. The molecule has 0 saturated carbocycles. The molecule has 26 heavy (non-hydrogen) atoms.